The number of hydrogen-bond donors (Lipinski definition) is 0. The monoisotopic (exact) mass is 559 g/mol. The molecule has 232 valence electrons. The van der Waals surface area contributed by atoms with Crippen molar-refractivity contribution in [2.75, 3.05) is 26.2 Å². The molecule has 0 spiro atoms. The van der Waals surface area contributed by atoms with Crippen LogP contribution in [0.25, 0.3) is 0 Å². The van der Waals surface area contributed by atoms with Crippen LogP contribution in [-0.2, 0) is 9.53 Å². The van der Waals surface area contributed by atoms with E-state index in [-0.39, 0.29) is 5.97 Å². The summed E-state index contributed by atoms with van der Waals surface area (Å²) >= 11 is 0. The Bertz CT molecular complexity index is 655. The number of ether oxygens (including phenoxy) is 1. The van der Waals surface area contributed by atoms with Crippen molar-refractivity contribution in [1.82, 2.24) is 4.90 Å². The van der Waals surface area contributed by atoms with Gasteiger partial charge in [-0.15, -0.1) is 0 Å². The van der Waals surface area contributed by atoms with Gasteiger partial charge in [0.15, 0.2) is 0 Å². The van der Waals surface area contributed by atoms with Gasteiger partial charge in [-0.05, 0) is 64.2 Å². The van der Waals surface area contributed by atoms with Gasteiger partial charge in [-0.25, -0.2) is 0 Å². The van der Waals surface area contributed by atoms with Gasteiger partial charge in [-0.1, -0.05) is 115 Å². The molecule has 0 bridgehead atoms. The zero-order valence-corrected chi connectivity index (χ0v) is 26.8. The summed E-state index contributed by atoms with van der Waals surface area (Å²) in [6.07, 6.45) is 39.2. The maximum absolute atomic E-state index is 12.1. The lowest BCUT2D eigenvalue weighted by Crippen LogP contribution is -2.31. The number of esters is 1. The Kier molecular flexibility index (Phi) is 26.4. The maximum Gasteiger partial charge on any atom is 0.305 e. The van der Waals surface area contributed by atoms with E-state index in [1.54, 1.807) is 0 Å². The number of nitrogens with zero attached hydrogens (tertiary/aromatic N) is 2. The normalized spacial score (nSPS) is 13.7. The fraction of sp³-hybridized carbons (Fsp3) is 0.833. The van der Waals surface area contributed by atoms with Gasteiger partial charge in [0, 0.05) is 19.4 Å². The molecule has 0 radical (unpaired) electrons. The van der Waals surface area contributed by atoms with Crippen LogP contribution in [0.4, 0.5) is 0 Å². The fourth-order valence-corrected chi connectivity index (χ4v) is 5.34. The molecule has 0 aromatic heterocycles. The minimum Gasteiger partial charge on any atom is -0.464 e. The van der Waals surface area contributed by atoms with Crippen molar-refractivity contribution in [2.45, 2.75) is 168 Å². The van der Waals surface area contributed by atoms with Crippen LogP contribution in [0, 0.1) is 0 Å². The number of hydrogen-bond acceptors (Lipinski definition) is 4. The molecule has 0 aliphatic carbocycles. The molecule has 1 aliphatic rings. The van der Waals surface area contributed by atoms with E-state index in [0.717, 1.165) is 38.9 Å². The number of unbranched alkanes of at least 4 members (excludes halogenated alkanes) is 18. The topological polar surface area (TPSA) is 41.9 Å². The van der Waals surface area contributed by atoms with E-state index in [0.29, 0.717) is 13.0 Å². The first-order chi connectivity index (χ1) is 19.8. The fourth-order valence-electron chi connectivity index (χ4n) is 5.34. The molecule has 0 N–H and O–H groups in total. The molecule has 4 heteroatoms. The minimum absolute atomic E-state index is 0.0324. The van der Waals surface area contributed by atoms with Crippen molar-refractivity contribution in [3.63, 3.8) is 0 Å². The van der Waals surface area contributed by atoms with Crippen molar-refractivity contribution in [3.05, 3.63) is 24.3 Å². The van der Waals surface area contributed by atoms with Crippen LogP contribution in [0.2, 0.25) is 0 Å². The summed E-state index contributed by atoms with van der Waals surface area (Å²) in [5, 5.41) is 0. The first kappa shape index (κ1) is 36.4. The van der Waals surface area contributed by atoms with Gasteiger partial charge in [-0.2, -0.15) is 0 Å². The van der Waals surface area contributed by atoms with Crippen LogP contribution in [-0.4, -0.2) is 42.9 Å². The third kappa shape index (κ3) is 23.2. The van der Waals surface area contributed by atoms with Gasteiger partial charge in [0.05, 0.1) is 18.9 Å². The zero-order valence-electron chi connectivity index (χ0n) is 26.8. The molecule has 0 aromatic carbocycles. The summed E-state index contributed by atoms with van der Waals surface area (Å²) in [6.45, 7) is 7.69. The number of allylic oxidation sites excluding steroid dienone is 4. The summed E-state index contributed by atoms with van der Waals surface area (Å²) in [4.78, 5) is 19.2. The van der Waals surface area contributed by atoms with Gasteiger partial charge in [0.1, 0.15) is 6.61 Å². The molecule has 4 nitrogen and oxygen atoms in total. The minimum atomic E-state index is -0.0324. The number of amidine groups is 1. The highest BCUT2D eigenvalue weighted by atomic mass is 16.5. The molecule has 0 saturated carbocycles. The average molecular weight is 559 g/mol. The standard InChI is InChI=1S/C36H66N2O2/c1-3-5-7-9-11-13-15-17-19-21-23-25-27-29-35-37-31-32-38(35)33-34-40-36(39)30-28-26-24-22-20-18-16-14-12-10-8-6-4-2/h13-16H,3-12,17-34H2,1-2H3. The van der Waals surface area contributed by atoms with Crippen LogP contribution in [0.5, 0.6) is 0 Å². The second-order valence-electron chi connectivity index (χ2n) is 11.8. The number of carbonyl (C=O) groups is 1. The highest BCUT2D eigenvalue weighted by Crippen LogP contribution is 2.13. The van der Waals surface area contributed by atoms with Crippen LogP contribution < -0.4 is 0 Å². The second kappa shape index (κ2) is 28.9. The van der Waals surface area contributed by atoms with Crippen molar-refractivity contribution in [3.8, 4) is 0 Å². The molecule has 1 rings (SSSR count). The van der Waals surface area contributed by atoms with Gasteiger partial charge in [0.25, 0.3) is 0 Å². The number of carbonyl (C=O) groups excluding carboxylic acids is 1. The van der Waals surface area contributed by atoms with Crippen molar-refractivity contribution >= 4 is 11.8 Å². The highest BCUT2D eigenvalue weighted by Gasteiger charge is 2.16. The van der Waals surface area contributed by atoms with E-state index >= 15 is 0 Å². The molecule has 0 saturated heterocycles. The Labute approximate surface area is 249 Å². The molecular formula is C36H66N2O2. The first-order valence-corrected chi connectivity index (χ1v) is 17.5. The van der Waals surface area contributed by atoms with Crippen LogP contribution in [0.1, 0.15) is 168 Å². The molecule has 0 amide bonds. The average Bonchev–Trinajstić information content (AvgIpc) is 3.41. The van der Waals surface area contributed by atoms with E-state index in [4.69, 9.17) is 9.73 Å². The SMILES string of the molecule is CCCCCCC=CCCCCCCCC(=O)OCCN1CCN=C1CCCCCCCC=CCCCCCC. The van der Waals surface area contributed by atoms with Crippen molar-refractivity contribution in [2.24, 2.45) is 4.99 Å². The van der Waals surface area contributed by atoms with E-state index in [1.807, 2.05) is 0 Å². The largest absolute Gasteiger partial charge is 0.464 e. The van der Waals surface area contributed by atoms with Crippen LogP contribution >= 0.6 is 0 Å². The predicted octanol–water partition coefficient (Wildman–Crippen LogP) is 10.8. The summed E-state index contributed by atoms with van der Waals surface area (Å²) < 4.78 is 5.53. The molecule has 0 unspecified atom stereocenters. The van der Waals surface area contributed by atoms with Gasteiger partial charge < -0.3 is 9.64 Å². The van der Waals surface area contributed by atoms with E-state index in [2.05, 4.69) is 43.1 Å². The highest BCUT2D eigenvalue weighted by molar-refractivity contribution is 5.83. The molecular weight excluding hydrogens is 492 g/mol. The van der Waals surface area contributed by atoms with E-state index in [9.17, 15) is 4.79 Å². The summed E-state index contributed by atoms with van der Waals surface area (Å²) in [5.41, 5.74) is 0. The lowest BCUT2D eigenvalue weighted by Gasteiger charge is -2.20. The summed E-state index contributed by atoms with van der Waals surface area (Å²) in [5.74, 6) is 1.20. The summed E-state index contributed by atoms with van der Waals surface area (Å²) in [7, 11) is 0. The molecule has 0 aromatic rings. The number of aliphatic imine (C=N–C) groups is 1. The quantitative estimate of drug-likeness (QED) is 0.0521. The molecule has 1 heterocycles. The Balaban J connectivity index is 1.91. The zero-order chi connectivity index (χ0) is 28.8. The van der Waals surface area contributed by atoms with Crippen molar-refractivity contribution < 1.29 is 9.53 Å². The Morgan fingerprint density at radius 2 is 1.15 bits per heavy atom. The Morgan fingerprint density at radius 1 is 0.675 bits per heavy atom. The van der Waals surface area contributed by atoms with Gasteiger partial charge >= 0.3 is 5.97 Å². The van der Waals surface area contributed by atoms with E-state index < -0.39 is 0 Å². The molecule has 0 atom stereocenters. The lowest BCUT2D eigenvalue weighted by molar-refractivity contribution is -0.143. The maximum atomic E-state index is 12.1. The smallest absolute Gasteiger partial charge is 0.305 e. The van der Waals surface area contributed by atoms with Crippen LogP contribution in [0.15, 0.2) is 29.3 Å². The third-order valence-corrected chi connectivity index (χ3v) is 7.96. The Morgan fingerprint density at radius 3 is 1.70 bits per heavy atom. The Hall–Kier alpha value is -1.58. The molecule has 1 aliphatic heterocycles. The molecule has 40 heavy (non-hydrogen) atoms. The number of rotatable bonds is 29. The second-order valence-corrected chi connectivity index (χ2v) is 11.8. The van der Waals surface area contributed by atoms with Gasteiger partial charge in [-0.3, -0.25) is 9.79 Å². The van der Waals surface area contributed by atoms with Crippen LogP contribution in [0.3, 0.4) is 0 Å². The first-order valence-electron chi connectivity index (χ1n) is 17.5. The summed E-state index contributed by atoms with van der Waals surface area (Å²) in [6, 6.07) is 0. The molecule has 0 fully saturated rings. The lowest BCUT2D eigenvalue weighted by atomic mass is 10.1. The third-order valence-electron chi connectivity index (χ3n) is 7.96. The predicted molar refractivity (Wildman–Crippen MR) is 175 cm³/mol. The van der Waals surface area contributed by atoms with E-state index in [1.165, 1.54) is 134 Å². The van der Waals surface area contributed by atoms with Crippen molar-refractivity contribution in [1.29, 1.82) is 0 Å². The van der Waals surface area contributed by atoms with Gasteiger partial charge in [0.2, 0.25) is 0 Å².